The maximum Gasteiger partial charge on any atom is 0.246 e. The quantitative estimate of drug-likeness (QED) is 0.797. The van der Waals surface area contributed by atoms with Crippen LogP contribution in [0.4, 0.5) is 4.39 Å². The summed E-state index contributed by atoms with van der Waals surface area (Å²) in [4.78, 5) is 16.5. The summed E-state index contributed by atoms with van der Waals surface area (Å²) in [6.45, 7) is 6.12. The predicted octanol–water partition coefficient (Wildman–Crippen LogP) is 3.49. The van der Waals surface area contributed by atoms with Gasteiger partial charge in [-0.15, -0.1) is 0 Å². The van der Waals surface area contributed by atoms with E-state index >= 15 is 0 Å². The third-order valence-electron chi connectivity index (χ3n) is 4.48. The molecule has 2 aromatic carbocycles. The van der Waals surface area contributed by atoms with Crippen molar-refractivity contribution in [2.45, 2.75) is 13.5 Å². The van der Waals surface area contributed by atoms with Crippen molar-refractivity contribution >= 4 is 12.0 Å². The van der Waals surface area contributed by atoms with E-state index in [-0.39, 0.29) is 11.7 Å². The molecule has 0 saturated carbocycles. The molecule has 0 unspecified atom stereocenters. The first-order valence-corrected chi connectivity index (χ1v) is 8.61. The number of piperazine rings is 1. The Labute approximate surface area is 148 Å². The topological polar surface area (TPSA) is 23.6 Å². The van der Waals surface area contributed by atoms with Gasteiger partial charge in [0.05, 0.1) is 0 Å². The first-order chi connectivity index (χ1) is 12.1. The minimum absolute atomic E-state index is 0.0570. The average Bonchev–Trinajstić information content (AvgIpc) is 2.61. The van der Waals surface area contributed by atoms with Gasteiger partial charge >= 0.3 is 0 Å². The van der Waals surface area contributed by atoms with Crippen LogP contribution in [-0.2, 0) is 11.3 Å². The van der Waals surface area contributed by atoms with E-state index in [2.05, 4.69) is 36.1 Å². The molecule has 1 amide bonds. The SMILES string of the molecule is Cc1cccc(CN2CCN(C(=O)/C=C/c3ccccc3F)CC2)c1. The van der Waals surface area contributed by atoms with Gasteiger partial charge in [-0.3, -0.25) is 9.69 Å². The van der Waals surface area contributed by atoms with Crippen molar-refractivity contribution in [3.63, 3.8) is 0 Å². The number of hydrogen-bond acceptors (Lipinski definition) is 2. The van der Waals surface area contributed by atoms with Crippen LogP contribution in [0.1, 0.15) is 16.7 Å². The van der Waals surface area contributed by atoms with E-state index in [9.17, 15) is 9.18 Å². The summed E-state index contributed by atoms with van der Waals surface area (Å²) in [7, 11) is 0. The zero-order valence-corrected chi connectivity index (χ0v) is 14.5. The fourth-order valence-corrected chi connectivity index (χ4v) is 3.07. The van der Waals surface area contributed by atoms with Gasteiger partial charge in [-0.05, 0) is 24.6 Å². The smallest absolute Gasteiger partial charge is 0.246 e. The van der Waals surface area contributed by atoms with E-state index in [1.807, 2.05) is 4.90 Å². The molecular weight excluding hydrogens is 315 g/mol. The Balaban J connectivity index is 1.51. The Kier molecular flexibility index (Phi) is 5.61. The molecule has 1 heterocycles. The van der Waals surface area contributed by atoms with Gasteiger partial charge in [-0.2, -0.15) is 0 Å². The normalized spacial score (nSPS) is 15.7. The minimum atomic E-state index is -0.311. The molecule has 25 heavy (non-hydrogen) atoms. The first kappa shape index (κ1) is 17.4. The van der Waals surface area contributed by atoms with Gasteiger partial charge in [0.1, 0.15) is 5.82 Å². The van der Waals surface area contributed by atoms with Gasteiger partial charge in [0.15, 0.2) is 0 Å². The number of hydrogen-bond donors (Lipinski definition) is 0. The summed E-state index contributed by atoms with van der Waals surface area (Å²) in [6, 6.07) is 15.0. The van der Waals surface area contributed by atoms with Gasteiger partial charge < -0.3 is 4.90 Å². The monoisotopic (exact) mass is 338 g/mol. The van der Waals surface area contributed by atoms with Crippen LogP contribution in [0.5, 0.6) is 0 Å². The fraction of sp³-hybridized carbons (Fsp3) is 0.286. The lowest BCUT2D eigenvalue weighted by Crippen LogP contribution is -2.47. The number of carbonyl (C=O) groups is 1. The number of amides is 1. The third kappa shape index (κ3) is 4.77. The summed E-state index contributed by atoms with van der Waals surface area (Å²) in [5, 5.41) is 0. The van der Waals surface area contributed by atoms with E-state index in [0.29, 0.717) is 18.7 Å². The highest BCUT2D eigenvalue weighted by molar-refractivity contribution is 5.91. The van der Waals surface area contributed by atoms with Crippen LogP contribution in [0.15, 0.2) is 54.6 Å². The third-order valence-corrected chi connectivity index (χ3v) is 4.48. The standard InChI is InChI=1S/C21H23FN2O/c1-17-5-4-6-18(15-17)16-23-11-13-24(14-12-23)21(25)10-9-19-7-2-3-8-20(19)22/h2-10,15H,11-14,16H2,1H3/b10-9+. The fourth-order valence-electron chi connectivity index (χ4n) is 3.07. The lowest BCUT2D eigenvalue weighted by atomic mass is 10.1. The van der Waals surface area contributed by atoms with Crippen LogP contribution in [0.2, 0.25) is 0 Å². The highest BCUT2D eigenvalue weighted by Crippen LogP contribution is 2.12. The summed E-state index contributed by atoms with van der Waals surface area (Å²) in [5.74, 6) is -0.368. The number of aryl methyl sites for hydroxylation is 1. The maximum absolute atomic E-state index is 13.6. The molecule has 130 valence electrons. The molecule has 2 aromatic rings. The largest absolute Gasteiger partial charge is 0.337 e. The Morgan fingerprint density at radius 3 is 2.56 bits per heavy atom. The molecule has 3 nitrogen and oxygen atoms in total. The van der Waals surface area contributed by atoms with Crippen LogP contribution in [0, 0.1) is 12.7 Å². The zero-order valence-electron chi connectivity index (χ0n) is 14.5. The molecule has 0 aliphatic carbocycles. The van der Waals surface area contributed by atoms with Crippen molar-refractivity contribution < 1.29 is 9.18 Å². The second-order valence-corrected chi connectivity index (χ2v) is 6.45. The van der Waals surface area contributed by atoms with Gasteiger partial charge in [0.25, 0.3) is 0 Å². The number of rotatable bonds is 4. The molecule has 1 aliphatic heterocycles. The summed E-state index contributed by atoms with van der Waals surface area (Å²) in [6.07, 6.45) is 3.02. The second-order valence-electron chi connectivity index (χ2n) is 6.45. The number of halogens is 1. The molecule has 0 radical (unpaired) electrons. The molecule has 1 saturated heterocycles. The molecule has 1 aliphatic rings. The van der Waals surface area contributed by atoms with Crippen molar-refractivity contribution in [2.24, 2.45) is 0 Å². The minimum Gasteiger partial charge on any atom is -0.337 e. The van der Waals surface area contributed by atoms with E-state index in [1.54, 1.807) is 24.3 Å². The van der Waals surface area contributed by atoms with Crippen molar-refractivity contribution in [1.82, 2.24) is 9.80 Å². The molecular formula is C21H23FN2O. The van der Waals surface area contributed by atoms with Gasteiger partial charge in [0.2, 0.25) is 5.91 Å². The van der Waals surface area contributed by atoms with Crippen molar-refractivity contribution in [3.05, 3.63) is 77.1 Å². The molecule has 3 rings (SSSR count). The lowest BCUT2D eigenvalue weighted by molar-refractivity contribution is -0.127. The Morgan fingerprint density at radius 1 is 1.08 bits per heavy atom. The Morgan fingerprint density at radius 2 is 1.84 bits per heavy atom. The van der Waals surface area contributed by atoms with E-state index in [4.69, 9.17) is 0 Å². The Bertz CT molecular complexity index is 764. The van der Waals surface area contributed by atoms with E-state index in [0.717, 1.165) is 19.6 Å². The summed E-state index contributed by atoms with van der Waals surface area (Å²) < 4.78 is 13.6. The molecule has 0 aromatic heterocycles. The molecule has 0 bridgehead atoms. The highest BCUT2D eigenvalue weighted by atomic mass is 19.1. The summed E-state index contributed by atoms with van der Waals surface area (Å²) in [5.41, 5.74) is 3.01. The van der Waals surface area contributed by atoms with Gasteiger partial charge in [-0.1, -0.05) is 48.0 Å². The number of nitrogens with zero attached hydrogens (tertiary/aromatic N) is 2. The van der Waals surface area contributed by atoms with Gasteiger partial charge in [0, 0.05) is 44.4 Å². The predicted molar refractivity (Wildman–Crippen MR) is 98.5 cm³/mol. The summed E-state index contributed by atoms with van der Waals surface area (Å²) >= 11 is 0. The van der Waals surface area contributed by atoms with E-state index in [1.165, 1.54) is 23.3 Å². The number of carbonyl (C=O) groups excluding carboxylic acids is 1. The molecule has 0 atom stereocenters. The zero-order chi connectivity index (χ0) is 17.6. The van der Waals surface area contributed by atoms with Crippen molar-refractivity contribution in [1.29, 1.82) is 0 Å². The van der Waals surface area contributed by atoms with Crippen LogP contribution in [0.25, 0.3) is 6.08 Å². The molecule has 1 fully saturated rings. The van der Waals surface area contributed by atoms with Crippen molar-refractivity contribution in [2.75, 3.05) is 26.2 Å². The van der Waals surface area contributed by atoms with Crippen LogP contribution in [0.3, 0.4) is 0 Å². The number of benzene rings is 2. The lowest BCUT2D eigenvalue weighted by Gasteiger charge is -2.34. The van der Waals surface area contributed by atoms with Crippen LogP contribution in [-0.4, -0.2) is 41.9 Å². The van der Waals surface area contributed by atoms with Crippen LogP contribution >= 0.6 is 0 Å². The maximum atomic E-state index is 13.6. The molecule has 0 N–H and O–H groups in total. The molecule has 0 spiro atoms. The van der Waals surface area contributed by atoms with Crippen LogP contribution < -0.4 is 0 Å². The first-order valence-electron chi connectivity index (χ1n) is 8.61. The Hall–Kier alpha value is -2.46. The van der Waals surface area contributed by atoms with E-state index < -0.39 is 0 Å². The highest BCUT2D eigenvalue weighted by Gasteiger charge is 2.19. The van der Waals surface area contributed by atoms with Gasteiger partial charge in [-0.25, -0.2) is 4.39 Å². The van der Waals surface area contributed by atoms with Crippen molar-refractivity contribution in [3.8, 4) is 0 Å². The second kappa shape index (κ2) is 8.08. The average molecular weight is 338 g/mol. The molecule has 4 heteroatoms.